The Morgan fingerprint density at radius 3 is 2.74 bits per heavy atom. The molecule has 1 saturated carbocycles. The second-order valence-corrected chi connectivity index (χ2v) is 8.64. The van der Waals surface area contributed by atoms with Crippen LogP contribution in [0.2, 0.25) is 0 Å². The largest absolute Gasteiger partial charge is 0.494 e. The third-order valence-corrected chi connectivity index (χ3v) is 6.14. The molecule has 0 spiro atoms. The molecule has 12 heteroatoms. The van der Waals surface area contributed by atoms with Gasteiger partial charge in [0, 0.05) is 29.6 Å². The van der Waals surface area contributed by atoms with Crippen molar-refractivity contribution in [2.24, 2.45) is 5.92 Å². The Labute approximate surface area is 209 Å². The van der Waals surface area contributed by atoms with E-state index in [1.165, 1.54) is 30.7 Å². The van der Waals surface area contributed by atoms with Gasteiger partial charge >= 0.3 is 0 Å². The maximum absolute atomic E-state index is 12.7. The van der Waals surface area contributed by atoms with Gasteiger partial charge < -0.3 is 26.0 Å². The molecular weight excluding hydrogens is 470 g/mol. The molecule has 4 N–H and O–H groups in total. The fourth-order valence-corrected chi connectivity index (χ4v) is 4.12. The van der Waals surface area contributed by atoms with Crippen molar-refractivity contribution in [3.63, 3.8) is 0 Å². The zero-order valence-corrected chi connectivity index (χ0v) is 19.8. The number of hydrogen-bond acceptors (Lipinski definition) is 9. The number of benzene rings is 1. The Hall–Kier alpha value is -4.06. The van der Waals surface area contributed by atoms with Gasteiger partial charge in [0.25, 0.3) is 11.8 Å². The van der Waals surface area contributed by atoms with E-state index in [4.69, 9.17) is 8.85 Å². The summed E-state index contributed by atoms with van der Waals surface area (Å²) in [5.74, 6) is -1.08. The van der Waals surface area contributed by atoms with Crippen LogP contribution in [0.1, 0.15) is 44.0 Å². The summed E-state index contributed by atoms with van der Waals surface area (Å²) in [4.78, 5) is 41.9. The Morgan fingerprint density at radius 2 is 2.03 bits per heavy atom. The molecule has 4 rings (SSSR count). The van der Waals surface area contributed by atoms with E-state index in [-0.39, 0.29) is 34.9 Å². The number of nitrogens with zero attached hydrogens (tertiary/aromatic N) is 3. The Kier molecular flexibility index (Phi) is 6.08. The molecule has 0 bridgehead atoms. The van der Waals surface area contributed by atoms with E-state index >= 15 is 0 Å². The molecule has 1 aliphatic rings. The minimum Gasteiger partial charge on any atom is -0.494 e. The summed E-state index contributed by atoms with van der Waals surface area (Å²) < 4.78 is 27.7. The number of hydrogen-bond donors (Lipinski definition) is 4. The molecule has 0 atom stereocenters. The zero-order chi connectivity index (χ0) is 27.4. The zero-order valence-electron chi connectivity index (χ0n) is 22.0. The number of rotatable bonds is 9. The molecule has 0 radical (unpaired) electrons. The highest BCUT2D eigenvalue weighted by molar-refractivity contribution is 7.17. The standard InChI is InChI=1S/C23H25N7O4S/c1-4-25-21(32)16-11-26-23(35-16)13-6-5-7-14(19(13)34-3)27-15-10-17(28-20(31)12-8-9-12)29-30-18(15)22(33)24-2/h5-7,10-12H,4,8-9H2,1-3H3,(H,24,33)(H,25,32)(H2,27,28,29,31)/i2D3. The van der Waals surface area contributed by atoms with E-state index < -0.39 is 12.9 Å². The summed E-state index contributed by atoms with van der Waals surface area (Å²) in [6, 6.07) is 6.55. The number of anilines is 3. The van der Waals surface area contributed by atoms with Gasteiger partial charge in [0.05, 0.1) is 30.2 Å². The lowest BCUT2D eigenvalue weighted by molar-refractivity contribution is -0.117. The van der Waals surface area contributed by atoms with Crippen molar-refractivity contribution >= 4 is 46.3 Å². The van der Waals surface area contributed by atoms with Crippen LogP contribution in [0.25, 0.3) is 10.6 Å². The number of para-hydroxylation sites is 1. The lowest BCUT2D eigenvalue weighted by Crippen LogP contribution is -2.22. The summed E-state index contributed by atoms with van der Waals surface area (Å²) in [6.07, 6.45) is 3.04. The number of methoxy groups -OCH3 is 1. The highest BCUT2D eigenvalue weighted by atomic mass is 32.1. The lowest BCUT2D eigenvalue weighted by atomic mass is 10.1. The molecule has 0 unspecified atom stereocenters. The minimum atomic E-state index is -2.75. The number of nitrogens with one attached hydrogen (secondary N) is 4. The van der Waals surface area contributed by atoms with E-state index in [9.17, 15) is 14.4 Å². The molecular formula is C23H25N7O4S. The van der Waals surface area contributed by atoms with Crippen LogP contribution in [0.3, 0.4) is 0 Å². The first-order valence-electron chi connectivity index (χ1n) is 12.3. The van der Waals surface area contributed by atoms with Gasteiger partial charge in [-0.15, -0.1) is 21.5 Å². The van der Waals surface area contributed by atoms with Crippen molar-refractivity contribution in [2.45, 2.75) is 19.8 Å². The highest BCUT2D eigenvalue weighted by Gasteiger charge is 2.30. The first-order chi connectivity index (χ1) is 18.1. The summed E-state index contributed by atoms with van der Waals surface area (Å²) in [5.41, 5.74) is 0.766. The molecule has 0 saturated heterocycles. The Bertz CT molecular complexity index is 1380. The molecule has 11 nitrogen and oxygen atoms in total. The summed E-state index contributed by atoms with van der Waals surface area (Å²) in [7, 11) is 1.46. The van der Waals surface area contributed by atoms with Crippen LogP contribution >= 0.6 is 11.3 Å². The smallest absolute Gasteiger partial charge is 0.273 e. The first kappa shape index (κ1) is 20.3. The number of carbonyl (C=O) groups excluding carboxylic acids is 3. The van der Waals surface area contributed by atoms with E-state index in [1.54, 1.807) is 18.2 Å². The van der Waals surface area contributed by atoms with E-state index in [1.807, 2.05) is 12.2 Å². The molecule has 1 aromatic carbocycles. The van der Waals surface area contributed by atoms with Crippen LogP contribution in [0.15, 0.2) is 30.5 Å². The van der Waals surface area contributed by atoms with Crippen molar-refractivity contribution < 1.29 is 23.2 Å². The number of amides is 3. The predicted molar refractivity (Wildman–Crippen MR) is 132 cm³/mol. The van der Waals surface area contributed by atoms with Gasteiger partial charge in [-0.2, -0.15) is 0 Å². The highest BCUT2D eigenvalue weighted by Crippen LogP contribution is 2.40. The SMILES string of the molecule is [2H]C([2H])([2H])NC(=O)c1nnc(NC(=O)C2CC2)cc1Nc1cccc(-c2ncc(C(=O)NCC)s2)c1OC. The van der Waals surface area contributed by atoms with Crippen LogP contribution in [-0.4, -0.2) is 53.5 Å². The van der Waals surface area contributed by atoms with Crippen LogP contribution in [0.5, 0.6) is 5.75 Å². The Balaban J connectivity index is 1.70. The molecule has 0 aliphatic heterocycles. The molecule has 182 valence electrons. The molecule has 2 heterocycles. The van der Waals surface area contributed by atoms with Crippen LogP contribution in [-0.2, 0) is 4.79 Å². The van der Waals surface area contributed by atoms with Gasteiger partial charge in [-0.25, -0.2) is 4.98 Å². The summed E-state index contributed by atoms with van der Waals surface area (Å²) in [6.45, 7) is -0.448. The van der Waals surface area contributed by atoms with Crippen LogP contribution in [0.4, 0.5) is 17.2 Å². The third kappa shape index (κ3) is 5.38. The first-order valence-corrected chi connectivity index (χ1v) is 11.6. The number of thiazole rings is 1. The van der Waals surface area contributed by atoms with Gasteiger partial charge in [0.1, 0.15) is 9.88 Å². The van der Waals surface area contributed by atoms with E-state index in [0.717, 1.165) is 12.8 Å². The normalized spacial score (nSPS) is 14.2. The van der Waals surface area contributed by atoms with Gasteiger partial charge in [-0.05, 0) is 31.9 Å². The fraction of sp³-hybridized carbons (Fsp3) is 0.304. The fourth-order valence-electron chi connectivity index (χ4n) is 3.27. The van der Waals surface area contributed by atoms with E-state index in [2.05, 4.69) is 31.1 Å². The number of carbonyl (C=O) groups is 3. The van der Waals surface area contributed by atoms with Crippen LogP contribution < -0.4 is 26.0 Å². The topological polar surface area (TPSA) is 147 Å². The van der Waals surface area contributed by atoms with Crippen molar-refractivity contribution in [3.05, 3.63) is 41.0 Å². The van der Waals surface area contributed by atoms with Gasteiger partial charge in [-0.1, -0.05) is 6.07 Å². The Morgan fingerprint density at radius 1 is 1.20 bits per heavy atom. The van der Waals surface area contributed by atoms with Crippen molar-refractivity contribution in [1.29, 1.82) is 0 Å². The minimum absolute atomic E-state index is 0.0884. The molecule has 1 aliphatic carbocycles. The quantitative estimate of drug-likeness (QED) is 0.352. The molecule has 3 aromatic rings. The third-order valence-electron chi connectivity index (χ3n) is 5.11. The second-order valence-electron chi connectivity index (χ2n) is 7.61. The maximum atomic E-state index is 12.7. The average molecular weight is 499 g/mol. The van der Waals surface area contributed by atoms with Crippen molar-refractivity contribution in [3.8, 4) is 16.3 Å². The van der Waals surface area contributed by atoms with E-state index in [0.29, 0.717) is 33.4 Å². The van der Waals surface area contributed by atoms with Crippen molar-refractivity contribution in [1.82, 2.24) is 25.8 Å². The monoisotopic (exact) mass is 498 g/mol. The van der Waals surface area contributed by atoms with Gasteiger partial charge in [-0.3, -0.25) is 14.4 Å². The van der Waals surface area contributed by atoms with Gasteiger partial charge in [0.15, 0.2) is 17.3 Å². The molecule has 2 aromatic heterocycles. The molecule has 3 amide bonds. The number of ether oxygens (including phenoxy) is 1. The summed E-state index contributed by atoms with van der Waals surface area (Å²) >= 11 is 1.18. The van der Waals surface area contributed by atoms with Gasteiger partial charge in [0.2, 0.25) is 5.91 Å². The van der Waals surface area contributed by atoms with Crippen molar-refractivity contribution in [2.75, 3.05) is 31.3 Å². The average Bonchev–Trinajstić information content (AvgIpc) is 3.59. The summed E-state index contributed by atoms with van der Waals surface area (Å²) in [5, 5.41) is 18.6. The maximum Gasteiger partial charge on any atom is 0.273 e. The predicted octanol–water partition coefficient (Wildman–Crippen LogP) is 2.81. The number of aromatic nitrogens is 3. The second kappa shape index (κ2) is 10.5. The molecule has 1 fully saturated rings. The molecule has 35 heavy (non-hydrogen) atoms. The van der Waals surface area contributed by atoms with Crippen LogP contribution in [0, 0.1) is 5.92 Å². The lowest BCUT2D eigenvalue weighted by Gasteiger charge is -2.16.